The van der Waals surface area contributed by atoms with Crippen molar-refractivity contribution in [2.24, 2.45) is 23.3 Å². The summed E-state index contributed by atoms with van der Waals surface area (Å²) in [5, 5.41) is 0. The van der Waals surface area contributed by atoms with Gasteiger partial charge in [-0.2, -0.15) is 0 Å². The number of hydrogen-bond acceptors (Lipinski definition) is 2. The summed E-state index contributed by atoms with van der Waals surface area (Å²) in [6, 6.07) is 17.5. The maximum Gasteiger partial charge on any atom is 0.0661 e. The third kappa shape index (κ3) is 2.20. The Hall–Kier alpha value is -2.68. The van der Waals surface area contributed by atoms with E-state index in [0.29, 0.717) is 0 Å². The quantitative estimate of drug-likeness (QED) is 0.674. The maximum atomic E-state index is 7.71. The Bertz CT molecular complexity index is 1090. The lowest BCUT2D eigenvalue weighted by Gasteiger charge is -2.62. The van der Waals surface area contributed by atoms with Gasteiger partial charge in [0.2, 0.25) is 0 Å². The van der Waals surface area contributed by atoms with Crippen molar-refractivity contribution >= 4 is 0 Å². The largest absolute Gasteiger partial charge is 0.320 e. The number of hydrogen-bond donors (Lipinski definition) is 2. The molecule has 4 N–H and O–H groups in total. The molecule has 0 amide bonds. The van der Waals surface area contributed by atoms with Crippen molar-refractivity contribution in [2.75, 3.05) is 0 Å². The van der Waals surface area contributed by atoms with Crippen LogP contribution in [0.15, 0.2) is 96.1 Å². The summed E-state index contributed by atoms with van der Waals surface area (Å²) in [4.78, 5) is 0. The van der Waals surface area contributed by atoms with Crippen LogP contribution in [0.3, 0.4) is 0 Å². The summed E-state index contributed by atoms with van der Waals surface area (Å²) in [7, 11) is 0. The third-order valence-corrected chi connectivity index (χ3v) is 8.43. The van der Waals surface area contributed by atoms with E-state index in [1.165, 1.54) is 33.4 Å². The molecule has 0 aromatic heterocycles. The van der Waals surface area contributed by atoms with Gasteiger partial charge in [-0.25, -0.2) is 0 Å². The Balaban J connectivity index is 2.01. The molecule has 0 saturated carbocycles. The molecular formula is C29H32N2. The monoisotopic (exact) mass is 408 g/mol. The Morgan fingerprint density at radius 1 is 0.645 bits per heavy atom. The van der Waals surface area contributed by atoms with Crippen molar-refractivity contribution < 1.29 is 0 Å². The lowest BCUT2D eigenvalue weighted by Crippen LogP contribution is -2.77. The molecule has 0 fully saturated rings. The summed E-state index contributed by atoms with van der Waals surface area (Å²) < 4.78 is 0. The van der Waals surface area contributed by atoms with Crippen LogP contribution >= 0.6 is 0 Å². The van der Waals surface area contributed by atoms with Crippen molar-refractivity contribution in [3.05, 3.63) is 107 Å². The van der Waals surface area contributed by atoms with Gasteiger partial charge in [0.05, 0.1) is 16.5 Å². The van der Waals surface area contributed by atoms with Crippen LogP contribution in [-0.4, -0.2) is 11.1 Å². The highest BCUT2D eigenvalue weighted by Crippen LogP contribution is 2.64. The zero-order valence-corrected chi connectivity index (χ0v) is 18.9. The Kier molecular flexibility index (Phi) is 4.35. The standard InChI is InChI=1S/C29H32N2/c1-19-11-9-12-20(2)28(19,30)27(29(31)21(3)13-10-14-22(29)4)25-17-7-5-15-23(25)24-16-6-8-18-26(24)27/h5-19,21H,30-31H2,1-4H3. The number of allylic oxidation sites excluding steroid dienone is 4. The normalized spacial score (nSPS) is 32.8. The highest BCUT2D eigenvalue weighted by molar-refractivity contribution is 5.85. The van der Waals surface area contributed by atoms with Crippen LogP contribution in [0.2, 0.25) is 0 Å². The number of fused-ring (bicyclic) bond motifs is 3. The molecule has 0 bridgehead atoms. The first-order chi connectivity index (χ1) is 14.8. The molecule has 0 heterocycles. The molecule has 4 atom stereocenters. The SMILES string of the molecule is CC1=CC=CC(C)C1(N)C1(C2(N)C(C)=CC=CC2C)c2ccccc2-c2ccccc21. The van der Waals surface area contributed by atoms with Gasteiger partial charge in [0, 0.05) is 0 Å². The minimum atomic E-state index is -0.687. The van der Waals surface area contributed by atoms with Crippen LogP contribution in [-0.2, 0) is 5.41 Å². The summed E-state index contributed by atoms with van der Waals surface area (Å²) in [6.45, 7) is 8.84. The van der Waals surface area contributed by atoms with Gasteiger partial charge in [0.15, 0.2) is 0 Å². The number of benzene rings is 2. The minimum Gasteiger partial charge on any atom is -0.320 e. The summed E-state index contributed by atoms with van der Waals surface area (Å²) in [6.07, 6.45) is 13.1. The van der Waals surface area contributed by atoms with E-state index in [9.17, 15) is 0 Å². The fourth-order valence-corrected chi connectivity index (χ4v) is 6.77. The van der Waals surface area contributed by atoms with E-state index >= 15 is 0 Å². The lowest BCUT2D eigenvalue weighted by molar-refractivity contribution is 0.135. The molecule has 0 aliphatic heterocycles. The highest BCUT2D eigenvalue weighted by Gasteiger charge is 2.68. The maximum absolute atomic E-state index is 7.71. The molecule has 2 aromatic carbocycles. The van der Waals surface area contributed by atoms with E-state index in [1.807, 2.05) is 0 Å². The minimum absolute atomic E-state index is 0.114. The van der Waals surface area contributed by atoms with Crippen LogP contribution in [0.25, 0.3) is 11.1 Å². The van der Waals surface area contributed by atoms with Gasteiger partial charge in [-0.15, -0.1) is 0 Å². The van der Waals surface area contributed by atoms with E-state index in [4.69, 9.17) is 11.5 Å². The van der Waals surface area contributed by atoms with Crippen molar-refractivity contribution in [1.29, 1.82) is 0 Å². The van der Waals surface area contributed by atoms with Gasteiger partial charge >= 0.3 is 0 Å². The van der Waals surface area contributed by atoms with Gasteiger partial charge in [0.25, 0.3) is 0 Å². The predicted molar refractivity (Wildman–Crippen MR) is 131 cm³/mol. The second-order valence-electron chi connectivity index (χ2n) is 9.63. The van der Waals surface area contributed by atoms with E-state index in [0.717, 1.165) is 0 Å². The molecule has 158 valence electrons. The lowest BCUT2D eigenvalue weighted by atomic mass is 9.44. The number of nitrogens with two attached hydrogens (primary N) is 2. The van der Waals surface area contributed by atoms with Gasteiger partial charge in [-0.3, -0.25) is 0 Å². The average molecular weight is 409 g/mol. The van der Waals surface area contributed by atoms with Gasteiger partial charge < -0.3 is 11.5 Å². The van der Waals surface area contributed by atoms with E-state index in [-0.39, 0.29) is 11.8 Å². The average Bonchev–Trinajstić information content (AvgIpc) is 3.08. The molecule has 2 heteroatoms. The van der Waals surface area contributed by atoms with Crippen LogP contribution in [0, 0.1) is 11.8 Å². The van der Waals surface area contributed by atoms with Gasteiger partial charge in [-0.05, 0) is 47.9 Å². The zero-order chi connectivity index (χ0) is 22.0. The molecule has 5 rings (SSSR count). The van der Waals surface area contributed by atoms with Gasteiger partial charge in [-0.1, -0.05) is 110 Å². The fraction of sp³-hybridized carbons (Fsp3) is 0.310. The van der Waals surface area contributed by atoms with Crippen molar-refractivity contribution in [3.63, 3.8) is 0 Å². The molecule has 3 aliphatic carbocycles. The molecule has 0 spiro atoms. The van der Waals surface area contributed by atoms with Crippen LogP contribution in [0.4, 0.5) is 0 Å². The van der Waals surface area contributed by atoms with E-state index in [2.05, 4.69) is 113 Å². The molecule has 2 nitrogen and oxygen atoms in total. The van der Waals surface area contributed by atoms with Gasteiger partial charge in [0.1, 0.15) is 0 Å². The molecule has 2 aromatic rings. The first-order valence-corrected chi connectivity index (χ1v) is 11.3. The summed E-state index contributed by atoms with van der Waals surface area (Å²) in [5.74, 6) is 0.228. The molecular weight excluding hydrogens is 376 g/mol. The number of rotatable bonds is 2. The molecule has 0 saturated heterocycles. The Labute approximate surface area is 186 Å². The fourth-order valence-electron chi connectivity index (χ4n) is 6.77. The summed E-state index contributed by atoms with van der Waals surface area (Å²) >= 11 is 0. The second-order valence-corrected chi connectivity index (χ2v) is 9.63. The first-order valence-electron chi connectivity index (χ1n) is 11.3. The molecule has 0 radical (unpaired) electrons. The second kappa shape index (κ2) is 6.66. The van der Waals surface area contributed by atoms with Crippen molar-refractivity contribution in [3.8, 4) is 11.1 Å². The Morgan fingerprint density at radius 3 is 1.42 bits per heavy atom. The molecule has 4 unspecified atom stereocenters. The van der Waals surface area contributed by atoms with Crippen LogP contribution < -0.4 is 11.5 Å². The predicted octanol–water partition coefficient (Wildman–Crippen LogP) is 5.65. The van der Waals surface area contributed by atoms with E-state index in [1.54, 1.807) is 0 Å². The third-order valence-electron chi connectivity index (χ3n) is 8.43. The first kappa shape index (κ1) is 20.2. The topological polar surface area (TPSA) is 52.0 Å². The Morgan fingerprint density at radius 2 is 1.03 bits per heavy atom. The summed E-state index contributed by atoms with van der Waals surface area (Å²) in [5.41, 5.74) is 20.7. The van der Waals surface area contributed by atoms with Crippen LogP contribution in [0.5, 0.6) is 0 Å². The molecule has 31 heavy (non-hydrogen) atoms. The zero-order valence-electron chi connectivity index (χ0n) is 18.9. The highest BCUT2D eigenvalue weighted by atomic mass is 15.0. The smallest absolute Gasteiger partial charge is 0.0661 e. The molecule has 3 aliphatic rings. The van der Waals surface area contributed by atoms with Crippen molar-refractivity contribution in [1.82, 2.24) is 0 Å². The van der Waals surface area contributed by atoms with Crippen molar-refractivity contribution in [2.45, 2.75) is 44.2 Å². The van der Waals surface area contributed by atoms with E-state index < -0.39 is 16.5 Å². The van der Waals surface area contributed by atoms with Crippen LogP contribution in [0.1, 0.15) is 38.8 Å².